The largest absolute Gasteiger partial charge is 0.208 e. The number of aromatic nitrogens is 3. The molecule has 0 N–H and O–H groups in total. The van der Waals surface area contributed by atoms with E-state index < -0.39 is 0 Å². The van der Waals surface area contributed by atoms with Crippen LogP contribution in [0.4, 0.5) is 0 Å². The lowest BCUT2D eigenvalue weighted by molar-refractivity contribution is 1.04. The fourth-order valence-electron chi connectivity index (χ4n) is 2.46. The Bertz CT molecular complexity index is 973. The summed E-state index contributed by atoms with van der Waals surface area (Å²) in [5.74, 6) is 2.00. The first-order valence-corrected chi connectivity index (χ1v) is 9.20. The molecule has 0 unspecified atom stereocenters. The highest BCUT2D eigenvalue weighted by Crippen LogP contribution is 2.24. The number of hydrogen-bond donors (Lipinski definition) is 0. The van der Waals surface area contributed by atoms with E-state index in [0.29, 0.717) is 17.5 Å². The van der Waals surface area contributed by atoms with E-state index in [1.807, 2.05) is 86.7 Å². The van der Waals surface area contributed by atoms with Crippen LogP contribution in [-0.4, -0.2) is 15.0 Å². The van der Waals surface area contributed by atoms with Gasteiger partial charge in [-0.3, -0.25) is 0 Å². The summed E-state index contributed by atoms with van der Waals surface area (Å²) in [6, 6.07) is 18.0. The van der Waals surface area contributed by atoms with Gasteiger partial charge in [0.1, 0.15) is 0 Å². The Kier molecular flexibility index (Phi) is 7.66. The summed E-state index contributed by atoms with van der Waals surface area (Å²) in [6.45, 7) is 3.97. The SMILES string of the molecule is C#C.C/C=C\C(=C/C)c1nc(-c2ccccc2)nc(-c2cccc(Br)c2)n1. The topological polar surface area (TPSA) is 38.7 Å². The Labute approximate surface area is 169 Å². The second kappa shape index (κ2) is 10.2. The van der Waals surface area contributed by atoms with Gasteiger partial charge in [0.25, 0.3) is 0 Å². The third-order valence-corrected chi connectivity index (χ3v) is 4.16. The molecule has 0 atom stereocenters. The molecule has 2 aromatic carbocycles. The van der Waals surface area contributed by atoms with Crippen molar-refractivity contribution >= 4 is 21.5 Å². The van der Waals surface area contributed by atoms with Crippen LogP contribution in [0.5, 0.6) is 0 Å². The van der Waals surface area contributed by atoms with Crippen LogP contribution in [0, 0.1) is 12.8 Å². The molecule has 27 heavy (non-hydrogen) atoms. The monoisotopic (exact) mass is 417 g/mol. The van der Waals surface area contributed by atoms with Crippen molar-refractivity contribution in [2.45, 2.75) is 13.8 Å². The van der Waals surface area contributed by atoms with Crippen LogP contribution in [0.2, 0.25) is 0 Å². The maximum atomic E-state index is 4.70. The first-order chi connectivity index (χ1) is 13.2. The molecule has 1 aromatic heterocycles. The van der Waals surface area contributed by atoms with Crippen LogP contribution in [0.1, 0.15) is 19.7 Å². The normalized spacial score (nSPS) is 11.1. The summed E-state index contributed by atoms with van der Waals surface area (Å²) in [4.78, 5) is 14.1. The standard InChI is InChI=1S/C21H18BrN3.C2H2/c1-3-9-15(4-2)19-23-20(16-10-6-5-7-11-16)25-21(24-19)17-12-8-13-18(22)14-17;1-2/h3-14H,1-2H3;1-2H/b9-3-,15-4+;. The summed E-state index contributed by atoms with van der Waals surface area (Å²) >= 11 is 3.52. The van der Waals surface area contributed by atoms with Crippen molar-refractivity contribution in [2.75, 3.05) is 0 Å². The first-order valence-electron chi connectivity index (χ1n) is 8.41. The Morgan fingerprint density at radius 3 is 2.07 bits per heavy atom. The van der Waals surface area contributed by atoms with E-state index in [2.05, 4.69) is 33.8 Å². The van der Waals surface area contributed by atoms with E-state index in [0.717, 1.165) is 21.2 Å². The van der Waals surface area contributed by atoms with E-state index in [9.17, 15) is 0 Å². The van der Waals surface area contributed by atoms with Crippen LogP contribution < -0.4 is 0 Å². The van der Waals surface area contributed by atoms with Gasteiger partial charge in [0.15, 0.2) is 17.5 Å². The molecular formula is C23H20BrN3. The highest BCUT2D eigenvalue weighted by molar-refractivity contribution is 9.10. The highest BCUT2D eigenvalue weighted by atomic mass is 79.9. The fourth-order valence-corrected chi connectivity index (χ4v) is 2.86. The second-order valence-electron chi connectivity index (χ2n) is 5.43. The summed E-state index contributed by atoms with van der Waals surface area (Å²) in [7, 11) is 0. The van der Waals surface area contributed by atoms with Crippen LogP contribution in [0.25, 0.3) is 28.3 Å². The molecule has 0 aliphatic carbocycles. The molecule has 1 heterocycles. The zero-order chi connectivity index (χ0) is 19.6. The number of hydrogen-bond acceptors (Lipinski definition) is 3. The summed E-state index contributed by atoms with van der Waals surface area (Å²) < 4.78 is 0.993. The van der Waals surface area contributed by atoms with Gasteiger partial charge < -0.3 is 0 Å². The number of nitrogens with zero attached hydrogens (tertiary/aromatic N) is 3. The smallest absolute Gasteiger partial charge is 0.164 e. The van der Waals surface area contributed by atoms with Crippen LogP contribution in [0.15, 0.2) is 77.3 Å². The zero-order valence-electron chi connectivity index (χ0n) is 15.3. The molecule has 4 heteroatoms. The van der Waals surface area contributed by atoms with Gasteiger partial charge in [-0.1, -0.05) is 76.6 Å². The van der Waals surface area contributed by atoms with Gasteiger partial charge in [0.05, 0.1) is 0 Å². The molecular weight excluding hydrogens is 398 g/mol. The van der Waals surface area contributed by atoms with Gasteiger partial charge in [-0.25, -0.2) is 15.0 Å². The third kappa shape index (κ3) is 5.22. The molecule has 3 rings (SSSR count). The van der Waals surface area contributed by atoms with Gasteiger partial charge in [-0.2, -0.15) is 0 Å². The summed E-state index contributed by atoms with van der Waals surface area (Å²) in [6.07, 6.45) is 14.0. The van der Waals surface area contributed by atoms with E-state index >= 15 is 0 Å². The molecule has 0 fully saturated rings. The maximum absolute atomic E-state index is 4.70. The van der Waals surface area contributed by atoms with E-state index in [1.165, 1.54) is 0 Å². The lowest BCUT2D eigenvalue weighted by Gasteiger charge is -2.08. The Morgan fingerprint density at radius 2 is 1.48 bits per heavy atom. The van der Waals surface area contributed by atoms with Crippen molar-refractivity contribution in [1.29, 1.82) is 0 Å². The van der Waals surface area contributed by atoms with Crippen molar-refractivity contribution in [1.82, 2.24) is 15.0 Å². The fraction of sp³-hybridized carbons (Fsp3) is 0.0870. The van der Waals surface area contributed by atoms with Crippen LogP contribution in [-0.2, 0) is 0 Å². The molecule has 3 aromatic rings. The average Bonchev–Trinajstić information content (AvgIpc) is 2.74. The van der Waals surface area contributed by atoms with Crippen LogP contribution >= 0.6 is 15.9 Å². The van der Waals surface area contributed by atoms with Crippen molar-refractivity contribution in [3.63, 3.8) is 0 Å². The quantitative estimate of drug-likeness (QED) is 0.374. The summed E-state index contributed by atoms with van der Waals surface area (Å²) in [5.41, 5.74) is 2.89. The molecule has 3 nitrogen and oxygen atoms in total. The minimum Gasteiger partial charge on any atom is -0.208 e. The zero-order valence-corrected chi connectivity index (χ0v) is 16.9. The predicted molar refractivity (Wildman–Crippen MR) is 117 cm³/mol. The van der Waals surface area contributed by atoms with E-state index in [1.54, 1.807) is 0 Å². The van der Waals surface area contributed by atoms with Crippen molar-refractivity contribution in [3.05, 3.63) is 83.1 Å². The number of halogens is 1. The molecule has 0 saturated carbocycles. The van der Waals surface area contributed by atoms with Crippen molar-refractivity contribution in [2.24, 2.45) is 0 Å². The van der Waals surface area contributed by atoms with Crippen molar-refractivity contribution in [3.8, 4) is 35.6 Å². The number of terminal acetylenes is 1. The maximum Gasteiger partial charge on any atom is 0.164 e. The number of benzene rings is 2. The Balaban J connectivity index is 0.00000126. The second-order valence-corrected chi connectivity index (χ2v) is 6.34. The molecule has 0 aliphatic rings. The molecule has 0 aliphatic heterocycles. The molecule has 0 bridgehead atoms. The third-order valence-electron chi connectivity index (χ3n) is 3.67. The summed E-state index contributed by atoms with van der Waals surface area (Å²) in [5, 5.41) is 0. The lowest BCUT2D eigenvalue weighted by atomic mass is 10.1. The average molecular weight is 418 g/mol. The van der Waals surface area contributed by atoms with E-state index in [4.69, 9.17) is 9.97 Å². The Morgan fingerprint density at radius 1 is 0.852 bits per heavy atom. The molecule has 0 spiro atoms. The van der Waals surface area contributed by atoms with Gasteiger partial charge in [-0.05, 0) is 26.0 Å². The molecule has 0 radical (unpaired) electrons. The van der Waals surface area contributed by atoms with E-state index in [-0.39, 0.29) is 0 Å². The molecule has 0 amide bonds. The minimum atomic E-state index is 0.661. The van der Waals surface area contributed by atoms with Gasteiger partial charge in [-0.15, -0.1) is 12.8 Å². The first kappa shape index (κ1) is 20.3. The predicted octanol–water partition coefficient (Wildman–Crippen LogP) is 6.20. The minimum absolute atomic E-state index is 0.661. The number of allylic oxidation sites excluding steroid dienone is 4. The van der Waals surface area contributed by atoms with Crippen LogP contribution in [0.3, 0.4) is 0 Å². The Hall–Kier alpha value is -3.03. The van der Waals surface area contributed by atoms with Gasteiger partial charge in [0, 0.05) is 21.2 Å². The highest BCUT2D eigenvalue weighted by Gasteiger charge is 2.12. The van der Waals surface area contributed by atoms with Crippen molar-refractivity contribution < 1.29 is 0 Å². The lowest BCUT2D eigenvalue weighted by Crippen LogP contribution is -2.02. The van der Waals surface area contributed by atoms with Gasteiger partial charge in [0.2, 0.25) is 0 Å². The molecule has 134 valence electrons. The number of rotatable bonds is 4. The molecule has 0 saturated heterocycles. The van der Waals surface area contributed by atoms with Gasteiger partial charge >= 0.3 is 0 Å².